The van der Waals surface area contributed by atoms with Crippen molar-refractivity contribution >= 4 is 37.8 Å². The Labute approximate surface area is 200 Å². The van der Waals surface area contributed by atoms with E-state index in [9.17, 15) is 18.0 Å². The van der Waals surface area contributed by atoms with Crippen LogP contribution in [0.1, 0.15) is 68.3 Å². The minimum absolute atomic E-state index is 0.0184. The van der Waals surface area contributed by atoms with Crippen LogP contribution in [-0.2, 0) is 24.4 Å². The highest BCUT2D eigenvalue weighted by atomic mass is 79.9. The molecule has 1 aromatic heterocycles. The summed E-state index contributed by atoms with van der Waals surface area (Å²) in [7, 11) is -3.77. The number of nitrogens with one attached hydrogen (secondary N) is 1. The fraction of sp³-hybridized carbons (Fsp3) is 0.524. The number of primary sulfonamides is 1. The van der Waals surface area contributed by atoms with E-state index in [1.165, 1.54) is 0 Å². The normalized spacial score (nSPS) is 23.3. The SMILES string of the molecule is NC(=O)C(NC(=O)C1CCC(n2cc(C3(S(N)(=O)=O)CCC3)nn2)CC1)c1cccc(Br)c1. The lowest BCUT2D eigenvalue weighted by molar-refractivity contribution is -0.131. The third kappa shape index (κ3) is 4.69. The number of hydrogen-bond donors (Lipinski definition) is 3. The first-order chi connectivity index (χ1) is 15.6. The first-order valence-corrected chi connectivity index (χ1v) is 13.2. The van der Waals surface area contributed by atoms with Gasteiger partial charge in [0, 0.05) is 10.4 Å². The molecule has 0 saturated heterocycles. The Kier molecular flexibility index (Phi) is 6.61. The van der Waals surface area contributed by atoms with Crippen molar-refractivity contribution in [3.63, 3.8) is 0 Å². The lowest BCUT2D eigenvalue weighted by Gasteiger charge is -2.37. The molecule has 2 fully saturated rings. The monoisotopic (exact) mass is 538 g/mol. The number of amides is 2. The number of carbonyl (C=O) groups excluding carboxylic acids is 2. The number of carbonyl (C=O) groups is 2. The molecule has 0 spiro atoms. The van der Waals surface area contributed by atoms with E-state index in [1.54, 1.807) is 29.1 Å². The van der Waals surface area contributed by atoms with E-state index in [-0.39, 0.29) is 17.9 Å². The summed E-state index contributed by atoms with van der Waals surface area (Å²) in [5.41, 5.74) is 6.56. The van der Waals surface area contributed by atoms with Crippen LogP contribution in [0.4, 0.5) is 0 Å². The molecule has 0 bridgehead atoms. The van der Waals surface area contributed by atoms with Crippen molar-refractivity contribution in [2.75, 3.05) is 0 Å². The molecule has 2 aliphatic rings. The van der Waals surface area contributed by atoms with Gasteiger partial charge in [-0.15, -0.1) is 5.10 Å². The Morgan fingerprint density at radius 3 is 2.45 bits per heavy atom. The molecular formula is C21H27BrN6O4S. The third-order valence-electron chi connectivity index (χ3n) is 6.88. The van der Waals surface area contributed by atoms with Crippen LogP contribution < -0.4 is 16.2 Å². The number of benzene rings is 1. The van der Waals surface area contributed by atoms with Crippen LogP contribution in [-0.4, -0.2) is 35.2 Å². The van der Waals surface area contributed by atoms with Gasteiger partial charge in [0.1, 0.15) is 16.5 Å². The number of primary amides is 1. The van der Waals surface area contributed by atoms with Crippen LogP contribution in [0.3, 0.4) is 0 Å². The quantitative estimate of drug-likeness (QED) is 0.486. The van der Waals surface area contributed by atoms with E-state index in [1.807, 2.05) is 6.07 Å². The van der Waals surface area contributed by atoms with Crippen LogP contribution in [0, 0.1) is 5.92 Å². The zero-order chi connectivity index (χ0) is 23.8. The van der Waals surface area contributed by atoms with Gasteiger partial charge in [-0.25, -0.2) is 18.2 Å². The van der Waals surface area contributed by atoms with Gasteiger partial charge in [0.05, 0.1) is 12.2 Å². The maximum absolute atomic E-state index is 12.9. The number of halogens is 1. The predicted octanol–water partition coefficient (Wildman–Crippen LogP) is 1.78. The first-order valence-electron chi connectivity index (χ1n) is 10.9. The Hall–Kier alpha value is -2.31. The van der Waals surface area contributed by atoms with Gasteiger partial charge in [-0.3, -0.25) is 9.59 Å². The topological polar surface area (TPSA) is 163 Å². The van der Waals surface area contributed by atoms with Crippen LogP contribution >= 0.6 is 15.9 Å². The molecule has 33 heavy (non-hydrogen) atoms. The third-order valence-corrected chi connectivity index (χ3v) is 9.08. The number of hydrogen-bond acceptors (Lipinski definition) is 6. The number of nitrogens with zero attached hydrogens (tertiary/aromatic N) is 3. The van der Waals surface area contributed by atoms with E-state index < -0.39 is 26.7 Å². The molecule has 2 aliphatic carbocycles. The van der Waals surface area contributed by atoms with E-state index in [2.05, 4.69) is 31.6 Å². The summed E-state index contributed by atoms with van der Waals surface area (Å²) >= 11 is 3.37. The number of aromatic nitrogens is 3. The second kappa shape index (κ2) is 9.15. The van der Waals surface area contributed by atoms with Gasteiger partial charge in [0.15, 0.2) is 0 Å². The second-order valence-corrected chi connectivity index (χ2v) is 11.7. The Bertz CT molecular complexity index is 1160. The summed E-state index contributed by atoms with van der Waals surface area (Å²) in [6, 6.07) is 6.23. The molecule has 2 amide bonds. The maximum Gasteiger partial charge on any atom is 0.244 e. The molecule has 10 nitrogen and oxygen atoms in total. The largest absolute Gasteiger partial charge is 0.368 e. The fourth-order valence-electron chi connectivity index (χ4n) is 4.72. The molecule has 5 N–H and O–H groups in total. The smallest absolute Gasteiger partial charge is 0.244 e. The minimum Gasteiger partial charge on any atom is -0.368 e. The summed E-state index contributed by atoms with van der Waals surface area (Å²) in [6.07, 6.45) is 5.96. The number of nitrogens with two attached hydrogens (primary N) is 2. The molecule has 2 aromatic rings. The molecule has 0 aliphatic heterocycles. The standard InChI is InChI=1S/C21H27BrN6O4S/c22-15-4-1-3-14(11-15)18(19(23)29)25-20(30)13-5-7-16(8-6-13)28-12-17(26-27-28)21(9-2-10-21)33(24,31)32/h1,3-4,11-13,16,18H,2,5-10H2,(H2,23,29)(H,25,30)(H2,24,31,32). The van der Waals surface area contributed by atoms with Gasteiger partial charge in [0.25, 0.3) is 0 Å². The van der Waals surface area contributed by atoms with E-state index in [4.69, 9.17) is 10.9 Å². The fourth-order valence-corrected chi connectivity index (χ4v) is 6.38. The summed E-state index contributed by atoms with van der Waals surface area (Å²) < 4.78 is 25.6. The van der Waals surface area contributed by atoms with Gasteiger partial charge in [-0.05, 0) is 62.6 Å². The molecule has 1 heterocycles. The average molecular weight is 539 g/mol. The van der Waals surface area contributed by atoms with Gasteiger partial charge in [-0.2, -0.15) is 0 Å². The second-order valence-electron chi connectivity index (χ2n) is 8.88. The highest BCUT2D eigenvalue weighted by molar-refractivity contribution is 9.10. The predicted molar refractivity (Wildman–Crippen MR) is 124 cm³/mol. The van der Waals surface area contributed by atoms with Crippen LogP contribution in [0.2, 0.25) is 0 Å². The number of sulfonamides is 1. The Morgan fingerprint density at radius 1 is 1.21 bits per heavy atom. The summed E-state index contributed by atoms with van der Waals surface area (Å²) in [6.45, 7) is 0. The van der Waals surface area contributed by atoms with Crippen molar-refractivity contribution in [3.8, 4) is 0 Å². The van der Waals surface area contributed by atoms with E-state index >= 15 is 0 Å². The van der Waals surface area contributed by atoms with Gasteiger partial charge in [-0.1, -0.05) is 33.3 Å². The molecule has 1 aromatic carbocycles. The van der Waals surface area contributed by atoms with E-state index in [0.29, 0.717) is 49.8 Å². The van der Waals surface area contributed by atoms with Crippen molar-refractivity contribution < 1.29 is 18.0 Å². The van der Waals surface area contributed by atoms with Crippen molar-refractivity contribution in [2.24, 2.45) is 16.8 Å². The zero-order valence-corrected chi connectivity index (χ0v) is 20.4. The van der Waals surface area contributed by atoms with E-state index in [0.717, 1.165) is 10.9 Å². The summed E-state index contributed by atoms with van der Waals surface area (Å²) in [5.74, 6) is -1.08. The zero-order valence-electron chi connectivity index (χ0n) is 18.0. The highest BCUT2D eigenvalue weighted by Gasteiger charge is 2.51. The maximum atomic E-state index is 12.9. The van der Waals surface area contributed by atoms with Gasteiger partial charge in [0.2, 0.25) is 21.8 Å². The van der Waals surface area contributed by atoms with Crippen LogP contribution in [0.5, 0.6) is 0 Å². The number of rotatable bonds is 7. The van der Waals surface area contributed by atoms with Crippen LogP contribution in [0.25, 0.3) is 0 Å². The van der Waals surface area contributed by atoms with Gasteiger partial charge < -0.3 is 11.1 Å². The Balaban J connectivity index is 1.38. The van der Waals surface area contributed by atoms with Crippen molar-refractivity contribution in [1.82, 2.24) is 20.3 Å². The van der Waals surface area contributed by atoms with Crippen molar-refractivity contribution in [3.05, 3.63) is 46.2 Å². The van der Waals surface area contributed by atoms with Crippen molar-refractivity contribution in [2.45, 2.75) is 61.8 Å². The highest BCUT2D eigenvalue weighted by Crippen LogP contribution is 2.46. The summed E-state index contributed by atoms with van der Waals surface area (Å²) in [4.78, 5) is 24.8. The molecule has 1 atom stereocenters. The molecule has 2 saturated carbocycles. The first kappa shape index (κ1) is 23.8. The molecular weight excluding hydrogens is 512 g/mol. The molecule has 178 valence electrons. The average Bonchev–Trinajstić information content (AvgIpc) is 3.19. The lowest BCUT2D eigenvalue weighted by Crippen LogP contribution is -2.46. The lowest BCUT2D eigenvalue weighted by atomic mass is 9.82. The molecule has 12 heteroatoms. The molecule has 0 radical (unpaired) electrons. The van der Waals surface area contributed by atoms with Crippen molar-refractivity contribution in [1.29, 1.82) is 0 Å². The molecule has 4 rings (SSSR count). The summed E-state index contributed by atoms with van der Waals surface area (Å²) in [5, 5.41) is 16.6. The minimum atomic E-state index is -3.77. The molecule has 1 unspecified atom stereocenters. The van der Waals surface area contributed by atoms with Gasteiger partial charge >= 0.3 is 0 Å². The van der Waals surface area contributed by atoms with Crippen LogP contribution in [0.15, 0.2) is 34.9 Å². The Morgan fingerprint density at radius 2 is 1.91 bits per heavy atom.